The second-order valence-electron chi connectivity index (χ2n) is 7.74. The first-order valence-corrected chi connectivity index (χ1v) is 9.38. The first-order chi connectivity index (χ1) is 10.3. The van der Waals surface area contributed by atoms with E-state index in [4.69, 9.17) is 5.73 Å². The maximum atomic E-state index is 12.3. The summed E-state index contributed by atoms with van der Waals surface area (Å²) < 4.78 is 24.7. The number of hydrogen-bond donors (Lipinski definition) is 2. The molecule has 5 nitrogen and oxygen atoms in total. The summed E-state index contributed by atoms with van der Waals surface area (Å²) in [6.07, 6.45) is 0. The molecule has 0 radical (unpaired) electrons. The van der Waals surface area contributed by atoms with Gasteiger partial charge in [-0.05, 0) is 43.9 Å². The molecule has 23 heavy (non-hydrogen) atoms. The van der Waals surface area contributed by atoms with E-state index in [9.17, 15) is 8.42 Å². The van der Waals surface area contributed by atoms with E-state index in [1.807, 2.05) is 32.9 Å². The van der Waals surface area contributed by atoms with Crippen LogP contribution in [0.1, 0.15) is 47.1 Å². The fraction of sp³-hybridized carbons (Fsp3) is 0.588. The molecule has 0 atom stereocenters. The molecule has 0 aliphatic rings. The summed E-state index contributed by atoms with van der Waals surface area (Å²) in [5.41, 5.74) is 6.64. The topological polar surface area (TPSA) is 84.5 Å². The quantitative estimate of drug-likeness (QED) is 0.652. The predicted octanol–water partition coefficient (Wildman–Crippen LogP) is 2.46. The van der Waals surface area contributed by atoms with Crippen LogP contribution >= 0.6 is 0 Å². The van der Waals surface area contributed by atoms with Gasteiger partial charge in [0, 0.05) is 5.54 Å². The summed E-state index contributed by atoms with van der Waals surface area (Å²) in [7, 11) is -3.35. The molecule has 0 spiro atoms. The van der Waals surface area contributed by atoms with Crippen molar-refractivity contribution in [3.8, 4) is 0 Å². The lowest BCUT2D eigenvalue weighted by atomic mass is 9.87. The Morgan fingerprint density at radius 2 is 1.61 bits per heavy atom. The van der Waals surface area contributed by atoms with Gasteiger partial charge in [-0.3, -0.25) is 4.99 Å². The van der Waals surface area contributed by atoms with E-state index in [0.717, 1.165) is 5.56 Å². The van der Waals surface area contributed by atoms with Crippen molar-refractivity contribution in [1.29, 1.82) is 0 Å². The van der Waals surface area contributed by atoms with Crippen LogP contribution in [0.3, 0.4) is 0 Å². The van der Waals surface area contributed by atoms with E-state index in [1.54, 1.807) is 12.1 Å². The normalized spacial score (nSPS) is 13.9. The van der Waals surface area contributed by atoms with Gasteiger partial charge in [0.1, 0.15) is 0 Å². The Kier molecular flexibility index (Phi) is 5.85. The third-order valence-corrected chi connectivity index (χ3v) is 4.94. The van der Waals surface area contributed by atoms with Crippen molar-refractivity contribution in [3.05, 3.63) is 29.8 Å². The van der Waals surface area contributed by atoms with E-state index in [1.165, 1.54) is 0 Å². The summed E-state index contributed by atoms with van der Waals surface area (Å²) in [6.45, 7) is 12.3. The fourth-order valence-corrected chi connectivity index (χ4v) is 3.11. The van der Waals surface area contributed by atoms with Crippen LogP contribution < -0.4 is 11.1 Å². The maximum Gasteiger partial charge on any atom is 0.189 e. The Morgan fingerprint density at radius 3 is 2.04 bits per heavy atom. The molecule has 0 aliphatic heterocycles. The molecule has 6 heteroatoms. The molecule has 0 fully saturated rings. The van der Waals surface area contributed by atoms with Gasteiger partial charge in [-0.1, -0.05) is 32.9 Å². The van der Waals surface area contributed by atoms with E-state index >= 15 is 0 Å². The largest absolute Gasteiger partial charge is 0.370 e. The Morgan fingerprint density at radius 1 is 1.09 bits per heavy atom. The van der Waals surface area contributed by atoms with Crippen molar-refractivity contribution in [2.75, 3.05) is 12.3 Å². The van der Waals surface area contributed by atoms with Crippen LogP contribution in [-0.2, 0) is 15.3 Å². The molecule has 0 saturated heterocycles. The molecular weight excluding hydrogens is 310 g/mol. The standard InChI is InChI=1S/C17H29N3O2S/c1-16(2,3)13-7-9-14(10-8-13)23(21,22)12-11-19-15(18)20-17(4,5)6/h7-10H,11-12H2,1-6H3,(H3,18,19,20). The van der Waals surface area contributed by atoms with Crippen molar-refractivity contribution < 1.29 is 8.42 Å². The van der Waals surface area contributed by atoms with E-state index < -0.39 is 9.84 Å². The smallest absolute Gasteiger partial charge is 0.189 e. The highest BCUT2D eigenvalue weighted by atomic mass is 32.2. The summed E-state index contributed by atoms with van der Waals surface area (Å²) in [4.78, 5) is 4.40. The number of guanidine groups is 1. The highest BCUT2D eigenvalue weighted by Crippen LogP contribution is 2.23. The van der Waals surface area contributed by atoms with Crippen molar-refractivity contribution in [3.63, 3.8) is 0 Å². The average molecular weight is 340 g/mol. The monoisotopic (exact) mass is 339 g/mol. The zero-order chi connectivity index (χ0) is 17.9. The number of aliphatic imine (C=N–C) groups is 1. The number of sulfone groups is 1. The molecule has 0 amide bonds. The van der Waals surface area contributed by atoms with Crippen LogP contribution in [0.4, 0.5) is 0 Å². The van der Waals surface area contributed by atoms with E-state index in [2.05, 4.69) is 31.1 Å². The molecule has 130 valence electrons. The number of benzene rings is 1. The first-order valence-electron chi connectivity index (χ1n) is 7.73. The summed E-state index contributed by atoms with van der Waals surface area (Å²) in [6, 6.07) is 7.06. The van der Waals surface area contributed by atoms with Gasteiger partial charge in [-0.15, -0.1) is 0 Å². The van der Waals surface area contributed by atoms with Gasteiger partial charge in [0.25, 0.3) is 0 Å². The van der Waals surface area contributed by atoms with E-state index in [-0.39, 0.29) is 29.2 Å². The van der Waals surface area contributed by atoms with Gasteiger partial charge in [0.05, 0.1) is 17.2 Å². The third kappa shape index (κ3) is 6.60. The predicted molar refractivity (Wildman–Crippen MR) is 96.6 cm³/mol. The number of nitrogens with two attached hydrogens (primary N) is 1. The van der Waals surface area contributed by atoms with Gasteiger partial charge in [-0.2, -0.15) is 0 Å². The second-order valence-corrected chi connectivity index (χ2v) is 9.84. The molecule has 0 unspecified atom stereocenters. The Hall–Kier alpha value is -1.56. The van der Waals surface area contributed by atoms with Crippen molar-refractivity contribution in [2.45, 2.75) is 57.4 Å². The minimum Gasteiger partial charge on any atom is -0.370 e. The number of nitrogens with one attached hydrogen (secondary N) is 1. The highest BCUT2D eigenvalue weighted by Gasteiger charge is 2.17. The molecule has 3 N–H and O–H groups in total. The number of nitrogens with zero attached hydrogens (tertiary/aromatic N) is 1. The molecule has 0 aliphatic carbocycles. The van der Waals surface area contributed by atoms with Crippen LogP contribution in [0.5, 0.6) is 0 Å². The highest BCUT2D eigenvalue weighted by molar-refractivity contribution is 7.91. The maximum absolute atomic E-state index is 12.3. The van der Waals surface area contributed by atoms with Crippen LogP contribution in [-0.4, -0.2) is 32.2 Å². The third-order valence-electron chi connectivity index (χ3n) is 3.22. The lowest BCUT2D eigenvalue weighted by molar-refractivity contribution is 0.508. The Bertz CT molecular complexity index is 649. The lowest BCUT2D eigenvalue weighted by Crippen LogP contribution is -2.45. The molecule has 1 aromatic rings. The zero-order valence-electron chi connectivity index (χ0n) is 15.0. The van der Waals surface area contributed by atoms with Crippen molar-refractivity contribution in [2.24, 2.45) is 10.7 Å². The molecule has 0 aromatic heterocycles. The van der Waals surface area contributed by atoms with Gasteiger partial charge in [0.15, 0.2) is 15.8 Å². The van der Waals surface area contributed by atoms with Crippen molar-refractivity contribution in [1.82, 2.24) is 5.32 Å². The molecule has 1 rings (SSSR count). The van der Waals surface area contributed by atoms with Crippen LogP contribution in [0.2, 0.25) is 0 Å². The summed E-state index contributed by atoms with van der Waals surface area (Å²) in [5, 5.41) is 3.00. The first kappa shape index (κ1) is 19.5. The minimum atomic E-state index is -3.35. The number of hydrogen-bond acceptors (Lipinski definition) is 3. The minimum absolute atomic E-state index is 0.000336. The number of rotatable bonds is 4. The summed E-state index contributed by atoms with van der Waals surface area (Å²) in [5.74, 6) is 0.199. The van der Waals surface area contributed by atoms with E-state index in [0.29, 0.717) is 4.90 Å². The summed E-state index contributed by atoms with van der Waals surface area (Å²) >= 11 is 0. The van der Waals surface area contributed by atoms with Crippen molar-refractivity contribution >= 4 is 15.8 Å². The Labute approximate surface area is 140 Å². The van der Waals surface area contributed by atoms with Gasteiger partial charge < -0.3 is 11.1 Å². The Balaban J connectivity index is 2.75. The molecule has 0 bridgehead atoms. The van der Waals surface area contributed by atoms with Gasteiger partial charge in [-0.25, -0.2) is 8.42 Å². The second kappa shape index (κ2) is 6.91. The van der Waals surface area contributed by atoms with Crippen LogP contribution in [0, 0.1) is 0 Å². The molecule has 1 aromatic carbocycles. The SMILES string of the molecule is CC(C)(C)NC(N)=NCCS(=O)(=O)c1ccc(C(C)(C)C)cc1. The average Bonchev–Trinajstić information content (AvgIpc) is 2.35. The molecular formula is C17H29N3O2S. The zero-order valence-corrected chi connectivity index (χ0v) is 15.8. The van der Waals surface area contributed by atoms with Gasteiger partial charge in [0.2, 0.25) is 0 Å². The molecule has 0 heterocycles. The fourth-order valence-electron chi connectivity index (χ4n) is 1.99. The van der Waals surface area contributed by atoms with Gasteiger partial charge >= 0.3 is 0 Å². The lowest BCUT2D eigenvalue weighted by Gasteiger charge is -2.21. The van der Waals surface area contributed by atoms with Crippen LogP contribution in [0.15, 0.2) is 34.2 Å². The molecule has 0 saturated carbocycles. The van der Waals surface area contributed by atoms with Crippen LogP contribution in [0.25, 0.3) is 0 Å².